The Morgan fingerprint density at radius 2 is 2.07 bits per heavy atom. The number of methoxy groups -OCH3 is 1. The van der Waals surface area contributed by atoms with Gasteiger partial charge in [-0.15, -0.1) is 17.5 Å². The molecule has 0 aliphatic heterocycles. The van der Waals surface area contributed by atoms with Crippen LogP contribution in [0.2, 0.25) is 5.02 Å². The van der Waals surface area contributed by atoms with E-state index in [2.05, 4.69) is 27.4 Å². The molecule has 1 N–H and O–H groups in total. The van der Waals surface area contributed by atoms with E-state index in [1.807, 2.05) is 42.5 Å². The zero-order valence-electron chi connectivity index (χ0n) is 16.5. The molecule has 0 atom stereocenters. The minimum absolute atomic E-state index is 0. The van der Waals surface area contributed by atoms with Gasteiger partial charge in [-0.25, -0.2) is 0 Å². The van der Waals surface area contributed by atoms with Crippen molar-refractivity contribution in [2.24, 2.45) is 0 Å². The molecule has 0 saturated carbocycles. The molecule has 1 heterocycles. The van der Waals surface area contributed by atoms with Gasteiger partial charge in [0.05, 0.1) is 17.8 Å². The third-order valence-corrected chi connectivity index (χ3v) is 5.12. The highest BCUT2D eigenvalue weighted by Crippen LogP contribution is 2.36. The number of halogens is 2. The van der Waals surface area contributed by atoms with Gasteiger partial charge in [-0.3, -0.25) is 0 Å². The summed E-state index contributed by atoms with van der Waals surface area (Å²) in [5.74, 6) is 1.95. The summed E-state index contributed by atoms with van der Waals surface area (Å²) < 4.78 is 12.7. The lowest BCUT2D eigenvalue weighted by atomic mass is 10.2. The minimum atomic E-state index is 0. The zero-order valence-corrected chi connectivity index (χ0v) is 18.8. The van der Waals surface area contributed by atoms with Crippen molar-refractivity contribution in [3.8, 4) is 17.2 Å². The van der Waals surface area contributed by atoms with Gasteiger partial charge in [-0.05, 0) is 40.3 Å². The summed E-state index contributed by atoms with van der Waals surface area (Å²) in [5.41, 5.74) is 1.95. The standard InChI is InChI=1S/C20H22ClN5O2S.ClH/c1-3-10-28-19-17(21)12-15(13-18(19)27-2)14-22-9-11-29-20-23-24-25-26(20)16-7-5-4-6-8-16;/h3-8,12-13,22H,1,9-11,14H2,2H3;1H. The molecule has 2 aromatic carbocycles. The van der Waals surface area contributed by atoms with Crippen LogP contribution < -0.4 is 14.8 Å². The van der Waals surface area contributed by atoms with Gasteiger partial charge in [-0.1, -0.05) is 54.2 Å². The summed E-state index contributed by atoms with van der Waals surface area (Å²) in [4.78, 5) is 0. The Morgan fingerprint density at radius 1 is 1.27 bits per heavy atom. The maximum atomic E-state index is 6.34. The van der Waals surface area contributed by atoms with Crippen molar-refractivity contribution in [1.29, 1.82) is 0 Å². The average Bonchev–Trinajstić information content (AvgIpc) is 3.21. The van der Waals surface area contributed by atoms with E-state index in [0.29, 0.717) is 29.7 Å². The highest BCUT2D eigenvalue weighted by molar-refractivity contribution is 7.99. The molecule has 10 heteroatoms. The second-order valence-electron chi connectivity index (χ2n) is 5.94. The second kappa shape index (κ2) is 12.4. The average molecular weight is 468 g/mol. The maximum absolute atomic E-state index is 6.34. The van der Waals surface area contributed by atoms with Crippen molar-refractivity contribution < 1.29 is 9.47 Å². The van der Waals surface area contributed by atoms with Crippen LogP contribution in [0.15, 0.2) is 60.3 Å². The van der Waals surface area contributed by atoms with E-state index in [1.54, 1.807) is 29.6 Å². The Morgan fingerprint density at radius 3 is 2.80 bits per heavy atom. The van der Waals surface area contributed by atoms with E-state index in [0.717, 1.165) is 28.7 Å². The molecular weight excluding hydrogens is 445 g/mol. The van der Waals surface area contributed by atoms with Gasteiger partial charge in [-0.2, -0.15) is 4.68 Å². The topological polar surface area (TPSA) is 74.1 Å². The first kappa shape index (κ1) is 24.0. The number of thioether (sulfide) groups is 1. The minimum Gasteiger partial charge on any atom is -0.493 e. The van der Waals surface area contributed by atoms with Crippen LogP contribution in [0.4, 0.5) is 0 Å². The van der Waals surface area contributed by atoms with E-state index in [4.69, 9.17) is 21.1 Å². The molecule has 30 heavy (non-hydrogen) atoms. The summed E-state index contributed by atoms with van der Waals surface area (Å²) in [6.07, 6.45) is 1.66. The molecule has 0 fully saturated rings. The SMILES string of the molecule is C=CCOc1c(Cl)cc(CNCCSc2nnnn2-c2ccccc2)cc1OC.Cl. The largest absolute Gasteiger partial charge is 0.493 e. The predicted molar refractivity (Wildman–Crippen MR) is 123 cm³/mol. The Bertz CT molecular complexity index is 940. The van der Waals surface area contributed by atoms with Crippen LogP contribution in [0, 0.1) is 0 Å². The van der Waals surface area contributed by atoms with E-state index in [-0.39, 0.29) is 12.4 Å². The fourth-order valence-corrected chi connectivity index (χ4v) is 3.68. The lowest BCUT2D eigenvalue weighted by Gasteiger charge is -2.13. The number of aromatic nitrogens is 4. The number of nitrogens with zero attached hydrogens (tertiary/aromatic N) is 4. The fourth-order valence-electron chi connectivity index (χ4n) is 2.61. The van der Waals surface area contributed by atoms with Crippen molar-refractivity contribution in [2.75, 3.05) is 26.0 Å². The normalized spacial score (nSPS) is 10.3. The van der Waals surface area contributed by atoms with Gasteiger partial charge < -0.3 is 14.8 Å². The molecule has 7 nitrogen and oxygen atoms in total. The Balaban J connectivity index is 0.00000320. The summed E-state index contributed by atoms with van der Waals surface area (Å²) in [6, 6.07) is 13.6. The Labute approximate surface area is 191 Å². The van der Waals surface area contributed by atoms with Crippen molar-refractivity contribution >= 4 is 35.8 Å². The molecule has 0 aliphatic carbocycles. The predicted octanol–water partition coefficient (Wildman–Crippen LogP) is 4.19. The van der Waals surface area contributed by atoms with E-state index in [9.17, 15) is 0 Å². The number of para-hydroxylation sites is 1. The third-order valence-electron chi connectivity index (χ3n) is 3.92. The van der Waals surface area contributed by atoms with Gasteiger partial charge >= 0.3 is 0 Å². The van der Waals surface area contributed by atoms with E-state index < -0.39 is 0 Å². The van der Waals surface area contributed by atoms with Crippen molar-refractivity contribution in [1.82, 2.24) is 25.5 Å². The van der Waals surface area contributed by atoms with Gasteiger partial charge in [0.15, 0.2) is 11.5 Å². The van der Waals surface area contributed by atoms with Crippen LogP contribution in [-0.4, -0.2) is 46.2 Å². The number of rotatable bonds is 11. The van der Waals surface area contributed by atoms with Crippen LogP contribution in [0.3, 0.4) is 0 Å². The molecule has 0 bridgehead atoms. The Kier molecular flexibility index (Phi) is 9.96. The molecular formula is C20H23Cl2N5O2S. The second-order valence-corrected chi connectivity index (χ2v) is 7.41. The van der Waals surface area contributed by atoms with Gasteiger partial charge in [0.2, 0.25) is 5.16 Å². The van der Waals surface area contributed by atoms with Gasteiger partial charge in [0.25, 0.3) is 0 Å². The van der Waals surface area contributed by atoms with Crippen molar-refractivity contribution in [2.45, 2.75) is 11.7 Å². The quantitative estimate of drug-likeness (QED) is 0.257. The van der Waals surface area contributed by atoms with E-state index in [1.165, 1.54) is 0 Å². The molecule has 160 valence electrons. The summed E-state index contributed by atoms with van der Waals surface area (Å²) in [6.45, 7) is 5.44. The number of hydrogen-bond donors (Lipinski definition) is 1. The first-order valence-corrected chi connectivity index (χ1v) is 10.4. The lowest BCUT2D eigenvalue weighted by Crippen LogP contribution is -2.17. The first-order chi connectivity index (χ1) is 14.2. The molecule has 1 aromatic heterocycles. The van der Waals surface area contributed by atoms with Crippen LogP contribution >= 0.6 is 35.8 Å². The zero-order chi connectivity index (χ0) is 20.5. The molecule has 0 amide bonds. The molecule has 0 saturated heterocycles. The monoisotopic (exact) mass is 467 g/mol. The van der Waals surface area contributed by atoms with Gasteiger partial charge in [0, 0.05) is 18.8 Å². The summed E-state index contributed by atoms with van der Waals surface area (Å²) >= 11 is 7.93. The number of ether oxygens (including phenoxy) is 2. The highest BCUT2D eigenvalue weighted by atomic mass is 35.5. The van der Waals surface area contributed by atoms with Crippen molar-refractivity contribution in [3.05, 3.63) is 65.7 Å². The molecule has 0 aliphatic rings. The first-order valence-electron chi connectivity index (χ1n) is 9.00. The third kappa shape index (κ3) is 6.37. The maximum Gasteiger partial charge on any atom is 0.214 e. The van der Waals surface area contributed by atoms with Crippen LogP contribution in [0.5, 0.6) is 11.5 Å². The van der Waals surface area contributed by atoms with Crippen LogP contribution in [-0.2, 0) is 6.54 Å². The van der Waals surface area contributed by atoms with Crippen molar-refractivity contribution in [3.63, 3.8) is 0 Å². The smallest absolute Gasteiger partial charge is 0.214 e. The molecule has 3 aromatic rings. The highest BCUT2D eigenvalue weighted by Gasteiger charge is 2.12. The van der Waals surface area contributed by atoms with Crippen LogP contribution in [0.1, 0.15) is 5.56 Å². The molecule has 0 spiro atoms. The summed E-state index contributed by atoms with van der Waals surface area (Å²) in [7, 11) is 1.59. The van der Waals surface area contributed by atoms with E-state index >= 15 is 0 Å². The number of tetrazole rings is 1. The number of benzene rings is 2. The summed E-state index contributed by atoms with van der Waals surface area (Å²) in [5, 5.41) is 16.6. The van der Waals surface area contributed by atoms with Gasteiger partial charge in [0.1, 0.15) is 6.61 Å². The number of hydrogen-bond acceptors (Lipinski definition) is 7. The molecule has 3 rings (SSSR count). The van der Waals surface area contributed by atoms with Crippen LogP contribution in [0.25, 0.3) is 5.69 Å². The number of nitrogens with one attached hydrogen (secondary N) is 1. The Hall–Kier alpha value is -2.26. The molecule has 0 radical (unpaired) electrons. The fraction of sp³-hybridized carbons (Fsp3) is 0.250. The lowest BCUT2D eigenvalue weighted by molar-refractivity contribution is 0.326. The molecule has 0 unspecified atom stereocenters.